The van der Waals surface area contributed by atoms with E-state index in [0.29, 0.717) is 0 Å². The summed E-state index contributed by atoms with van der Waals surface area (Å²) in [5, 5.41) is 8.81. The highest BCUT2D eigenvalue weighted by Crippen LogP contribution is 2.27. The van der Waals surface area contributed by atoms with Gasteiger partial charge in [-0.3, -0.25) is 9.88 Å². The Morgan fingerprint density at radius 2 is 2.28 bits per heavy atom. The Labute approximate surface area is 108 Å². The number of aromatic nitrogens is 1. The van der Waals surface area contributed by atoms with Gasteiger partial charge in [0.15, 0.2) is 0 Å². The molecule has 0 saturated heterocycles. The standard InChI is InChI=1S/C14H20N2O2/c1-2-16(9-11-4-3-5-11)10-13-7-6-12(8-15-13)14(17)18/h6-8,11H,2-5,9-10H2,1H3,(H,17,18). The zero-order valence-electron chi connectivity index (χ0n) is 10.8. The fraction of sp³-hybridized carbons (Fsp3) is 0.571. The van der Waals surface area contributed by atoms with E-state index in [1.165, 1.54) is 25.5 Å². The molecular formula is C14H20N2O2. The second kappa shape index (κ2) is 5.96. The first-order chi connectivity index (χ1) is 8.69. The molecule has 18 heavy (non-hydrogen) atoms. The average molecular weight is 248 g/mol. The molecule has 1 saturated carbocycles. The third-order valence-corrected chi connectivity index (χ3v) is 3.65. The van der Waals surface area contributed by atoms with Crippen LogP contribution in [0.2, 0.25) is 0 Å². The van der Waals surface area contributed by atoms with Crippen LogP contribution in [0.5, 0.6) is 0 Å². The molecule has 1 aliphatic rings. The van der Waals surface area contributed by atoms with E-state index < -0.39 is 5.97 Å². The quantitative estimate of drug-likeness (QED) is 0.840. The summed E-state index contributed by atoms with van der Waals surface area (Å²) >= 11 is 0. The Bertz CT molecular complexity index is 399. The molecule has 1 aromatic rings. The van der Waals surface area contributed by atoms with E-state index >= 15 is 0 Å². The van der Waals surface area contributed by atoms with E-state index in [9.17, 15) is 4.79 Å². The van der Waals surface area contributed by atoms with Crippen molar-refractivity contribution in [2.24, 2.45) is 5.92 Å². The number of aromatic carboxylic acids is 1. The molecule has 0 amide bonds. The fourth-order valence-corrected chi connectivity index (χ4v) is 2.22. The van der Waals surface area contributed by atoms with Gasteiger partial charge in [0, 0.05) is 19.3 Å². The number of hydrogen-bond donors (Lipinski definition) is 1. The predicted molar refractivity (Wildman–Crippen MR) is 69.5 cm³/mol. The van der Waals surface area contributed by atoms with Gasteiger partial charge in [-0.05, 0) is 37.4 Å². The molecule has 4 nitrogen and oxygen atoms in total. The summed E-state index contributed by atoms with van der Waals surface area (Å²) in [6, 6.07) is 3.44. The van der Waals surface area contributed by atoms with E-state index in [4.69, 9.17) is 5.11 Å². The van der Waals surface area contributed by atoms with Gasteiger partial charge in [0.05, 0.1) is 11.3 Å². The maximum Gasteiger partial charge on any atom is 0.337 e. The molecule has 2 rings (SSSR count). The maximum absolute atomic E-state index is 10.7. The van der Waals surface area contributed by atoms with Crippen molar-refractivity contribution in [2.75, 3.05) is 13.1 Å². The Morgan fingerprint density at radius 1 is 1.50 bits per heavy atom. The highest BCUT2D eigenvalue weighted by Gasteiger charge is 2.20. The molecule has 0 radical (unpaired) electrons. The Kier molecular flexibility index (Phi) is 4.31. The zero-order valence-corrected chi connectivity index (χ0v) is 10.8. The number of rotatable bonds is 6. The van der Waals surface area contributed by atoms with Crippen molar-refractivity contribution in [2.45, 2.75) is 32.7 Å². The first-order valence-electron chi connectivity index (χ1n) is 6.59. The molecule has 0 bridgehead atoms. The molecule has 98 valence electrons. The summed E-state index contributed by atoms with van der Waals surface area (Å²) in [6.45, 7) is 5.12. The molecule has 1 heterocycles. The van der Waals surface area contributed by atoms with Gasteiger partial charge in [-0.25, -0.2) is 4.79 Å². The Balaban J connectivity index is 1.91. The largest absolute Gasteiger partial charge is 0.478 e. The van der Waals surface area contributed by atoms with E-state index in [0.717, 1.165) is 31.2 Å². The minimum absolute atomic E-state index is 0.251. The third-order valence-electron chi connectivity index (χ3n) is 3.65. The first kappa shape index (κ1) is 13.0. The number of carboxylic acids is 1. The SMILES string of the molecule is CCN(Cc1ccc(C(=O)O)cn1)CC1CCC1. The van der Waals surface area contributed by atoms with Gasteiger partial charge in [0.1, 0.15) is 0 Å². The van der Waals surface area contributed by atoms with Crippen LogP contribution < -0.4 is 0 Å². The first-order valence-corrected chi connectivity index (χ1v) is 6.59. The highest BCUT2D eigenvalue weighted by molar-refractivity contribution is 5.87. The lowest BCUT2D eigenvalue weighted by Crippen LogP contribution is -2.32. The van der Waals surface area contributed by atoms with Crippen molar-refractivity contribution in [3.63, 3.8) is 0 Å². The van der Waals surface area contributed by atoms with E-state index in [-0.39, 0.29) is 5.56 Å². The maximum atomic E-state index is 10.7. The average Bonchev–Trinajstić information content (AvgIpc) is 2.32. The van der Waals surface area contributed by atoms with Crippen LogP contribution in [0, 0.1) is 5.92 Å². The number of carboxylic acid groups (broad SMARTS) is 1. The fourth-order valence-electron chi connectivity index (χ4n) is 2.22. The summed E-state index contributed by atoms with van der Waals surface area (Å²) in [7, 11) is 0. The van der Waals surface area contributed by atoms with E-state index in [2.05, 4.69) is 16.8 Å². The van der Waals surface area contributed by atoms with Crippen LogP contribution in [0.3, 0.4) is 0 Å². The molecule has 4 heteroatoms. The van der Waals surface area contributed by atoms with Crippen molar-refractivity contribution in [1.29, 1.82) is 0 Å². The van der Waals surface area contributed by atoms with Gasteiger partial charge < -0.3 is 5.11 Å². The van der Waals surface area contributed by atoms with E-state index in [1.54, 1.807) is 6.07 Å². The molecule has 1 N–H and O–H groups in total. The van der Waals surface area contributed by atoms with Crippen LogP contribution >= 0.6 is 0 Å². The molecular weight excluding hydrogens is 228 g/mol. The van der Waals surface area contributed by atoms with Crippen LogP contribution in [0.15, 0.2) is 18.3 Å². The van der Waals surface area contributed by atoms with Crippen molar-refractivity contribution < 1.29 is 9.90 Å². The van der Waals surface area contributed by atoms with Crippen molar-refractivity contribution in [1.82, 2.24) is 9.88 Å². The minimum Gasteiger partial charge on any atom is -0.478 e. The van der Waals surface area contributed by atoms with Crippen molar-refractivity contribution in [3.8, 4) is 0 Å². The van der Waals surface area contributed by atoms with Crippen LogP contribution in [0.4, 0.5) is 0 Å². The highest BCUT2D eigenvalue weighted by atomic mass is 16.4. The third kappa shape index (κ3) is 3.29. The number of pyridine rings is 1. The topological polar surface area (TPSA) is 53.4 Å². The number of nitrogens with zero attached hydrogens (tertiary/aromatic N) is 2. The number of carbonyl (C=O) groups is 1. The summed E-state index contributed by atoms with van der Waals surface area (Å²) in [5.41, 5.74) is 1.20. The second-order valence-corrected chi connectivity index (χ2v) is 4.97. The van der Waals surface area contributed by atoms with Gasteiger partial charge in [0.25, 0.3) is 0 Å². The van der Waals surface area contributed by atoms with Crippen molar-refractivity contribution >= 4 is 5.97 Å². The van der Waals surface area contributed by atoms with Crippen LogP contribution in [-0.4, -0.2) is 34.0 Å². The molecule has 1 aliphatic carbocycles. The molecule has 0 unspecified atom stereocenters. The summed E-state index contributed by atoms with van der Waals surface area (Å²) < 4.78 is 0. The van der Waals surface area contributed by atoms with Gasteiger partial charge in [-0.1, -0.05) is 13.3 Å². The Hall–Kier alpha value is -1.42. The van der Waals surface area contributed by atoms with Gasteiger partial charge >= 0.3 is 5.97 Å². The van der Waals surface area contributed by atoms with Gasteiger partial charge in [-0.2, -0.15) is 0 Å². The summed E-state index contributed by atoms with van der Waals surface area (Å²) in [4.78, 5) is 17.3. The molecule has 0 spiro atoms. The van der Waals surface area contributed by atoms with Crippen LogP contribution in [0.1, 0.15) is 42.2 Å². The molecule has 0 aromatic carbocycles. The minimum atomic E-state index is -0.920. The Morgan fingerprint density at radius 3 is 2.72 bits per heavy atom. The lowest BCUT2D eigenvalue weighted by Gasteiger charge is -2.31. The molecule has 1 aromatic heterocycles. The molecule has 0 atom stereocenters. The smallest absolute Gasteiger partial charge is 0.337 e. The lowest BCUT2D eigenvalue weighted by atomic mass is 9.85. The summed E-state index contributed by atoms with van der Waals surface area (Å²) in [6.07, 6.45) is 5.51. The zero-order chi connectivity index (χ0) is 13.0. The lowest BCUT2D eigenvalue weighted by molar-refractivity contribution is 0.0696. The normalized spacial score (nSPS) is 15.7. The molecule has 1 fully saturated rings. The van der Waals surface area contributed by atoms with Crippen LogP contribution in [0.25, 0.3) is 0 Å². The second-order valence-electron chi connectivity index (χ2n) is 4.97. The molecule has 0 aliphatic heterocycles. The van der Waals surface area contributed by atoms with E-state index in [1.807, 2.05) is 6.07 Å². The van der Waals surface area contributed by atoms with Gasteiger partial charge in [-0.15, -0.1) is 0 Å². The summed E-state index contributed by atoms with van der Waals surface area (Å²) in [5.74, 6) is -0.0703. The van der Waals surface area contributed by atoms with Gasteiger partial charge in [0.2, 0.25) is 0 Å². The van der Waals surface area contributed by atoms with Crippen LogP contribution in [-0.2, 0) is 6.54 Å². The predicted octanol–water partition coefficient (Wildman–Crippen LogP) is 2.40. The monoisotopic (exact) mass is 248 g/mol. The number of hydrogen-bond acceptors (Lipinski definition) is 3. The van der Waals surface area contributed by atoms with Crippen molar-refractivity contribution in [3.05, 3.63) is 29.6 Å².